The number of rotatable bonds is 7. The minimum absolute atomic E-state index is 0.212. The topological polar surface area (TPSA) is 81.7 Å². The van der Waals surface area contributed by atoms with Crippen LogP contribution in [0.1, 0.15) is 38.8 Å². The molecule has 0 aliphatic rings. The smallest absolute Gasteiger partial charge is 0.341 e. The molecule has 0 radical (unpaired) electrons. The van der Waals surface area contributed by atoms with Crippen molar-refractivity contribution in [3.63, 3.8) is 0 Å². The van der Waals surface area contributed by atoms with Gasteiger partial charge < -0.3 is 14.8 Å². The fourth-order valence-corrected chi connectivity index (χ4v) is 3.95. The zero-order chi connectivity index (χ0) is 22.4. The van der Waals surface area contributed by atoms with Crippen molar-refractivity contribution in [2.45, 2.75) is 20.8 Å². The molecule has 0 aliphatic carbocycles. The van der Waals surface area contributed by atoms with Crippen LogP contribution < -0.4 is 5.32 Å². The Bertz CT molecular complexity index is 1100. The maximum absolute atomic E-state index is 12.6. The molecule has 0 aliphatic heterocycles. The Kier molecular flexibility index (Phi) is 7.20. The Morgan fingerprint density at radius 3 is 2.32 bits per heavy atom. The van der Waals surface area contributed by atoms with Gasteiger partial charge in [-0.15, -0.1) is 11.3 Å². The average Bonchev–Trinajstić information content (AvgIpc) is 3.16. The van der Waals surface area contributed by atoms with Crippen molar-refractivity contribution >= 4 is 34.2 Å². The van der Waals surface area contributed by atoms with E-state index in [1.54, 1.807) is 37.4 Å². The number of carbonyl (C=O) groups is 3. The number of hydrogen-bond donors (Lipinski definition) is 1. The van der Waals surface area contributed by atoms with Crippen LogP contribution >= 0.6 is 11.3 Å². The molecule has 0 spiro atoms. The van der Waals surface area contributed by atoms with Crippen molar-refractivity contribution < 1.29 is 23.9 Å². The van der Waals surface area contributed by atoms with Gasteiger partial charge in [-0.1, -0.05) is 48.0 Å². The van der Waals surface area contributed by atoms with Crippen molar-refractivity contribution in [3.8, 4) is 11.1 Å². The van der Waals surface area contributed by atoms with Gasteiger partial charge in [-0.05, 0) is 38.0 Å². The summed E-state index contributed by atoms with van der Waals surface area (Å²) in [5.74, 6) is -1.64. The molecule has 3 rings (SSSR count). The molecule has 3 aromatic rings. The van der Waals surface area contributed by atoms with Gasteiger partial charge in [0.1, 0.15) is 10.6 Å². The summed E-state index contributed by atoms with van der Waals surface area (Å²) in [6, 6.07) is 14.7. The van der Waals surface area contributed by atoms with Crippen molar-refractivity contribution in [1.82, 2.24) is 0 Å². The molecule has 1 N–H and O–H groups in total. The van der Waals surface area contributed by atoms with Gasteiger partial charge in [0.15, 0.2) is 6.61 Å². The highest BCUT2D eigenvalue weighted by Crippen LogP contribution is 2.36. The first-order valence-corrected chi connectivity index (χ1v) is 10.7. The van der Waals surface area contributed by atoms with Crippen molar-refractivity contribution in [2.24, 2.45) is 0 Å². The van der Waals surface area contributed by atoms with Crippen LogP contribution in [-0.4, -0.2) is 31.1 Å². The van der Waals surface area contributed by atoms with E-state index in [4.69, 9.17) is 9.47 Å². The zero-order valence-electron chi connectivity index (χ0n) is 17.6. The van der Waals surface area contributed by atoms with Crippen LogP contribution in [0.3, 0.4) is 0 Å². The van der Waals surface area contributed by atoms with Gasteiger partial charge in [-0.25, -0.2) is 9.59 Å². The molecule has 1 heterocycles. The van der Waals surface area contributed by atoms with E-state index in [1.165, 1.54) is 11.3 Å². The fraction of sp³-hybridized carbons (Fsp3) is 0.208. The molecule has 0 bridgehead atoms. The molecule has 6 nitrogen and oxygen atoms in total. The third kappa shape index (κ3) is 5.38. The van der Waals surface area contributed by atoms with Crippen LogP contribution in [0.25, 0.3) is 11.1 Å². The second-order valence-electron chi connectivity index (χ2n) is 6.88. The van der Waals surface area contributed by atoms with Crippen LogP contribution in [0, 0.1) is 13.8 Å². The minimum Gasteiger partial charge on any atom is -0.462 e. The van der Waals surface area contributed by atoms with Gasteiger partial charge in [0, 0.05) is 10.9 Å². The SMILES string of the molecule is CCOC(=O)c1c(-c2ccc(C)cc2)csc1NC(=O)COC(=O)c1ccccc1C. The number of anilines is 1. The summed E-state index contributed by atoms with van der Waals surface area (Å²) in [7, 11) is 0. The summed E-state index contributed by atoms with van der Waals surface area (Å²) in [6.07, 6.45) is 0. The molecule has 7 heteroatoms. The van der Waals surface area contributed by atoms with Crippen molar-refractivity contribution in [1.29, 1.82) is 0 Å². The van der Waals surface area contributed by atoms with Gasteiger partial charge >= 0.3 is 11.9 Å². The van der Waals surface area contributed by atoms with E-state index in [9.17, 15) is 14.4 Å². The highest BCUT2D eigenvalue weighted by Gasteiger charge is 2.23. The third-order valence-corrected chi connectivity index (χ3v) is 5.48. The number of ether oxygens (including phenoxy) is 2. The normalized spacial score (nSPS) is 10.4. The third-order valence-electron chi connectivity index (χ3n) is 4.59. The first-order valence-electron chi connectivity index (χ1n) is 9.79. The van der Waals surface area contributed by atoms with Crippen LogP contribution in [-0.2, 0) is 14.3 Å². The maximum Gasteiger partial charge on any atom is 0.341 e. The van der Waals surface area contributed by atoms with E-state index in [0.29, 0.717) is 16.1 Å². The van der Waals surface area contributed by atoms with Crippen LogP contribution in [0.5, 0.6) is 0 Å². The number of thiophene rings is 1. The van der Waals surface area contributed by atoms with Crippen molar-refractivity contribution in [3.05, 3.63) is 76.2 Å². The summed E-state index contributed by atoms with van der Waals surface area (Å²) in [4.78, 5) is 37.3. The lowest BCUT2D eigenvalue weighted by Crippen LogP contribution is -2.22. The van der Waals surface area contributed by atoms with Crippen molar-refractivity contribution in [2.75, 3.05) is 18.5 Å². The maximum atomic E-state index is 12.6. The zero-order valence-corrected chi connectivity index (χ0v) is 18.4. The van der Waals surface area contributed by atoms with Gasteiger partial charge in [-0.2, -0.15) is 0 Å². The lowest BCUT2D eigenvalue weighted by atomic mass is 10.0. The number of benzene rings is 2. The quantitative estimate of drug-likeness (QED) is 0.526. The van der Waals surface area contributed by atoms with E-state index >= 15 is 0 Å². The van der Waals surface area contributed by atoms with Crippen LogP contribution in [0.2, 0.25) is 0 Å². The Morgan fingerprint density at radius 2 is 1.65 bits per heavy atom. The summed E-state index contributed by atoms with van der Waals surface area (Å²) in [5.41, 5.74) is 4.07. The predicted molar refractivity (Wildman–Crippen MR) is 121 cm³/mol. The molecule has 1 amide bonds. The van der Waals surface area contributed by atoms with E-state index in [1.807, 2.05) is 37.3 Å². The standard InChI is InChI=1S/C24H23NO5S/c1-4-29-24(28)21-19(17-11-9-15(2)10-12-17)14-31-22(21)25-20(26)13-30-23(27)18-8-6-5-7-16(18)3/h5-12,14H,4,13H2,1-3H3,(H,25,26). The predicted octanol–water partition coefficient (Wildman–Crippen LogP) is 5.00. The van der Waals surface area contributed by atoms with Crippen LogP contribution in [0.4, 0.5) is 5.00 Å². The molecule has 2 aromatic carbocycles. The average molecular weight is 438 g/mol. The molecule has 0 atom stereocenters. The number of carbonyl (C=O) groups excluding carboxylic acids is 3. The lowest BCUT2D eigenvalue weighted by molar-refractivity contribution is -0.119. The molecule has 1 aromatic heterocycles. The molecule has 160 valence electrons. The summed E-state index contributed by atoms with van der Waals surface area (Å²) >= 11 is 1.22. The minimum atomic E-state index is -0.578. The first kappa shape index (κ1) is 22.2. The van der Waals surface area contributed by atoms with E-state index < -0.39 is 24.5 Å². The number of esters is 2. The molecule has 31 heavy (non-hydrogen) atoms. The lowest BCUT2D eigenvalue weighted by Gasteiger charge is -2.10. The Labute approximate surface area is 184 Å². The summed E-state index contributed by atoms with van der Waals surface area (Å²) < 4.78 is 10.3. The van der Waals surface area contributed by atoms with Gasteiger partial charge in [0.25, 0.3) is 5.91 Å². The van der Waals surface area contributed by atoms with Gasteiger partial charge in [-0.3, -0.25) is 4.79 Å². The van der Waals surface area contributed by atoms with E-state index in [2.05, 4.69) is 5.32 Å². The number of aryl methyl sites for hydroxylation is 2. The van der Waals surface area contributed by atoms with Gasteiger partial charge in [0.2, 0.25) is 0 Å². The number of amides is 1. The number of hydrogen-bond acceptors (Lipinski definition) is 6. The summed E-state index contributed by atoms with van der Waals surface area (Å²) in [5, 5.41) is 4.82. The summed E-state index contributed by atoms with van der Waals surface area (Å²) in [6.45, 7) is 5.24. The Hall–Kier alpha value is -3.45. The molecular weight excluding hydrogens is 414 g/mol. The monoisotopic (exact) mass is 437 g/mol. The molecular formula is C24H23NO5S. The Balaban J connectivity index is 1.76. The number of nitrogens with one attached hydrogen (secondary N) is 1. The highest BCUT2D eigenvalue weighted by molar-refractivity contribution is 7.15. The Morgan fingerprint density at radius 1 is 0.935 bits per heavy atom. The second kappa shape index (κ2) is 10.0. The molecule has 0 fully saturated rings. The van der Waals surface area contributed by atoms with Crippen LogP contribution in [0.15, 0.2) is 53.9 Å². The first-order chi connectivity index (χ1) is 14.9. The van der Waals surface area contributed by atoms with Gasteiger partial charge in [0.05, 0.1) is 12.2 Å². The molecule has 0 saturated heterocycles. The molecule has 0 unspecified atom stereocenters. The largest absolute Gasteiger partial charge is 0.462 e. The molecule has 0 saturated carbocycles. The van der Waals surface area contributed by atoms with E-state index in [0.717, 1.165) is 16.7 Å². The van der Waals surface area contributed by atoms with E-state index in [-0.39, 0.29) is 12.2 Å². The second-order valence-corrected chi connectivity index (χ2v) is 7.76. The fourth-order valence-electron chi connectivity index (χ4n) is 2.97. The highest BCUT2D eigenvalue weighted by atomic mass is 32.1.